The molecule has 5 nitrogen and oxygen atoms in total. The van der Waals surface area contributed by atoms with Gasteiger partial charge in [0.25, 0.3) is 0 Å². The summed E-state index contributed by atoms with van der Waals surface area (Å²) >= 11 is 0. The summed E-state index contributed by atoms with van der Waals surface area (Å²) in [6.07, 6.45) is 0.271. The molecule has 1 N–H and O–H groups in total. The molecule has 72 valence electrons. The first-order chi connectivity index (χ1) is 6.06. The third-order valence-electron chi connectivity index (χ3n) is 2.20. The molecule has 0 aromatic heterocycles. The third kappa shape index (κ3) is 1.80. The number of rotatable bonds is 2. The van der Waals surface area contributed by atoms with Gasteiger partial charge in [0.2, 0.25) is 5.91 Å². The smallest absolute Gasteiger partial charge is 0.407 e. The Morgan fingerprint density at radius 1 is 1.62 bits per heavy atom. The van der Waals surface area contributed by atoms with Crippen LogP contribution in [-0.4, -0.2) is 53.1 Å². The summed E-state index contributed by atoms with van der Waals surface area (Å²) in [6.45, 7) is 4.28. The minimum absolute atomic E-state index is 0.0681. The number of carbonyl (C=O) groups is 2. The van der Waals surface area contributed by atoms with Crippen molar-refractivity contribution in [3.05, 3.63) is 12.7 Å². The predicted molar refractivity (Wildman–Crippen MR) is 46.4 cm³/mol. The van der Waals surface area contributed by atoms with Crippen LogP contribution >= 0.6 is 0 Å². The van der Waals surface area contributed by atoms with E-state index in [1.807, 2.05) is 0 Å². The molecule has 5 heteroatoms. The van der Waals surface area contributed by atoms with Crippen molar-refractivity contribution in [1.29, 1.82) is 0 Å². The van der Waals surface area contributed by atoms with Gasteiger partial charge in [-0.2, -0.15) is 0 Å². The first kappa shape index (κ1) is 9.57. The molecule has 1 aliphatic rings. The molecule has 0 aliphatic carbocycles. The normalized spacial score (nSPS) is 16.2. The van der Waals surface area contributed by atoms with Crippen LogP contribution in [0.25, 0.3) is 0 Å². The number of amides is 2. The molecule has 0 atom stereocenters. The summed E-state index contributed by atoms with van der Waals surface area (Å²) in [4.78, 5) is 24.2. The molecule has 0 spiro atoms. The Morgan fingerprint density at radius 2 is 2.15 bits per heavy atom. The molecule has 1 fully saturated rings. The van der Waals surface area contributed by atoms with Crippen LogP contribution in [0, 0.1) is 0 Å². The molecule has 2 amide bonds. The van der Waals surface area contributed by atoms with Gasteiger partial charge in [-0.05, 0) is 6.08 Å². The van der Waals surface area contributed by atoms with E-state index in [0.29, 0.717) is 13.1 Å². The maximum atomic E-state index is 11.0. The average Bonchev–Trinajstić information content (AvgIpc) is 2.00. The summed E-state index contributed by atoms with van der Waals surface area (Å²) in [5.41, 5.74) is 0. The molecular weight excluding hydrogens is 172 g/mol. The van der Waals surface area contributed by atoms with Gasteiger partial charge in [0.1, 0.15) is 0 Å². The van der Waals surface area contributed by atoms with Crippen molar-refractivity contribution in [3.63, 3.8) is 0 Å². The van der Waals surface area contributed by atoms with E-state index in [0.717, 1.165) is 0 Å². The molecule has 1 rings (SSSR count). The second-order valence-electron chi connectivity index (χ2n) is 2.99. The zero-order valence-electron chi connectivity index (χ0n) is 7.43. The molecular formula is C8H12N2O3. The fourth-order valence-electron chi connectivity index (χ4n) is 1.17. The van der Waals surface area contributed by atoms with Crippen molar-refractivity contribution >= 4 is 12.0 Å². The fourth-order valence-corrected chi connectivity index (χ4v) is 1.17. The van der Waals surface area contributed by atoms with E-state index >= 15 is 0 Å². The Balaban J connectivity index is 2.37. The van der Waals surface area contributed by atoms with Crippen molar-refractivity contribution in [1.82, 2.24) is 9.80 Å². The van der Waals surface area contributed by atoms with Crippen LogP contribution in [0.15, 0.2) is 12.7 Å². The first-order valence-corrected chi connectivity index (χ1v) is 3.93. The second-order valence-corrected chi connectivity index (χ2v) is 2.99. The molecule has 0 saturated carbocycles. The van der Waals surface area contributed by atoms with Crippen LogP contribution < -0.4 is 0 Å². The summed E-state index contributed by atoms with van der Waals surface area (Å²) in [5, 5.41) is 8.60. The van der Waals surface area contributed by atoms with Crippen LogP contribution in [0.3, 0.4) is 0 Å². The van der Waals surface area contributed by atoms with Crippen molar-refractivity contribution < 1.29 is 14.7 Å². The van der Waals surface area contributed by atoms with Crippen LogP contribution in [0.4, 0.5) is 4.79 Å². The van der Waals surface area contributed by atoms with Gasteiger partial charge in [-0.3, -0.25) is 4.79 Å². The zero-order valence-corrected chi connectivity index (χ0v) is 7.43. The Kier molecular flexibility index (Phi) is 2.55. The summed E-state index contributed by atoms with van der Waals surface area (Å²) < 4.78 is 0. The number of hydrogen-bond acceptors (Lipinski definition) is 2. The van der Waals surface area contributed by atoms with Gasteiger partial charge in [0.05, 0.1) is 6.04 Å². The Bertz CT molecular complexity index is 246. The summed E-state index contributed by atoms with van der Waals surface area (Å²) in [5.74, 6) is -0.143. The van der Waals surface area contributed by atoms with Gasteiger partial charge in [-0.25, -0.2) is 4.79 Å². The maximum absolute atomic E-state index is 11.0. The molecule has 1 saturated heterocycles. The van der Waals surface area contributed by atoms with Crippen LogP contribution in [0.5, 0.6) is 0 Å². The molecule has 13 heavy (non-hydrogen) atoms. The zero-order chi connectivity index (χ0) is 10.0. The quantitative estimate of drug-likeness (QED) is 0.614. The Labute approximate surface area is 76.2 Å². The lowest BCUT2D eigenvalue weighted by Gasteiger charge is -2.42. The average molecular weight is 184 g/mol. The Morgan fingerprint density at radius 3 is 2.54 bits per heavy atom. The highest BCUT2D eigenvalue weighted by Gasteiger charge is 2.34. The van der Waals surface area contributed by atoms with E-state index in [2.05, 4.69) is 6.58 Å². The second kappa shape index (κ2) is 3.47. The number of hydrogen-bond donors (Lipinski definition) is 1. The van der Waals surface area contributed by atoms with Crippen molar-refractivity contribution in [2.45, 2.75) is 6.04 Å². The first-order valence-electron chi connectivity index (χ1n) is 3.93. The van der Waals surface area contributed by atoms with Crippen LogP contribution in [0.2, 0.25) is 0 Å². The molecule has 1 heterocycles. The van der Waals surface area contributed by atoms with E-state index in [9.17, 15) is 9.59 Å². The number of nitrogens with zero attached hydrogens (tertiary/aromatic N) is 2. The third-order valence-corrected chi connectivity index (χ3v) is 2.20. The number of carboxylic acid groups (broad SMARTS) is 1. The predicted octanol–water partition coefficient (Wildman–Crippen LogP) is -0.00700. The molecule has 1 aliphatic heterocycles. The number of likely N-dealkylation sites (tertiary alicyclic amines) is 1. The lowest BCUT2D eigenvalue weighted by atomic mass is 10.1. The standard InChI is InChI=1S/C8H12N2O3/c1-3-7(11)10-4-6(5-10)9(2)8(12)13/h3,6H,1,4-5H2,2H3,(H,12,13). The number of likely N-dealkylation sites (N-methyl/N-ethyl adjacent to an activating group) is 1. The van der Waals surface area contributed by atoms with E-state index in [1.54, 1.807) is 4.90 Å². The number of carbonyl (C=O) groups excluding carboxylic acids is 1. The minimum atomic E-state index is -0.962. The molecule has 0 aromatic carbocycles. The van der Waals surface area contributed by atoms with E-state index in [4.69, 9.17) is 5.11 Å². The van der Waals surface area contributed by atoms with Gasteiger partial charge in [-0.15, -0.1) is 0 Å². The van der Waals surface area contributed by atoms with E-state index in [-0.39, 0.29) is 11.9 Å². The van der Waals surface area contributed by atoms with Crippen LogP contribution in [-0.2, 0) is 4.79 Å². The SMILES string of the molecule is C=CC(=O)N1CC(N(C)C(=O)O)C1. The largest absolute Gasteiger partial charge is 0.465 e. The van der Waals surface area contributed by atoms with Crippen LogP contribution in [0.1, 0.15) is 0 Å². The molecule has 0 radical (unpaired) electrons. The van der Waals surface area contributed by atoms with Gasteiger partial charge in [0.15, 0.2) is 0 Å². The van der Waals surface area contributed by atoms with Gasteiger partial charge >= 0.3 is 6.09 Å². The molecule has 0 bridgehead atoms. The van der Waals surface area contributed by atoms with Gasteiger partial charge < -0.3 is 14.9 Å². The van der Waals surface area contributed by atoms with Crippen molar-refractivity contribution in [2.24, 2.45) is 0 Å². The van der Waals surface area contributed by atoms with Crippen molar-refractivity contribution in [2.75, 3.05) is 20.1 Å². The Hall–Kier alpha value is -1.52. The summed E-state index contributed by atoms with van der Waals surface area (Å²) in [7, 11) is 1.50. The lowest BCUT2D eigenvalue weighted by molar-refractivity contribution is -0.132. The summed E-state index contributed by atoms with van der Waals surface area (Å²) in [6, 6.07) is -0.0681. The molecule has 0 aromatic rings. The minimum Gasteiger partial charge on any atom is -0.465 e. The highest BCUT2D eigenvalue weighted by atomic mass is 16.4. The fraction of sp³-hybridized carbons (Fsp3) is 0.500. The monoisotopic (exact) mass is 184 g/mol. The van der Waals surface area contributed by atoms with Gasteiger partial charge in [0, 0.05) is 20.1 Å². The highest BCUT2D eigenvalue weighted by molar-refractivity contribution is 5.87. The van der Waals surface area contributed by atoms with E-state index < -0.39 is 6.09 Å². The van der Waals surface area contributed by atoms with Gasteiger partial charge in [-0.1, -0.05) is 6.58 Å². The van der Waals surface area contributed by atoms with E-state index in [1.165, 1.54) is 18.0 Å². The van der Waals surface area contributed by atoms with Crippen molar-refractivity contribution in [3.8, 4) is 0 Å². The highest BCUT2D eigenvalue weighted by Crippen LogP contribution is 2.13. The lowest BCUT2D eigenvalue weighted by Crippen LogP contribution is -2.60. The maximum Gasteiger partial charge on any atom is 0.407 e. The molecule has 0 unspecified atom stereocenters. The topological polar surface area (TPSA) is 60.9 Å².